The van der Waals surface area contributed by atoms with Crippen molar-refractivity contribution in [2.45, 2.75) is 227 Å². The largest absolute Gasteiger partial charge is 0.458 e. The Bertz CT molecular complexity index is 2000. The lowest BCUT2D eigenvalue weighted by Gasteiger charge is -2.32. The number of rotatable bonds is 26. The Morgan fingerprint density at radius 2 is 1.05 bits per heavy atom. The Morgan fingerprint density at radius 1 is 0.577 bits per heavy atom. The standard InChI is InChI=1S/C53H94N10O15/c1-13-14-15-16-17-18-33(66)24-41(68)55-35(21-27(2)3)46(70)56-34(19-20-40(54)67)45(69)63-44-32(12)78-53(77)43(31(10)11)62-50(74)39(26-65)60-47(71)36(22-28(4)5)57-49(73)38(25-64)59-48(72)37(23-29(6)7)58-51(75)42(30(8)9)61-52(44)76/h27-39,42-44,64-66H,13-26H2,1-12H3,(H2,54,67)(H,55,68)(H,56,70)(H,57,73)(H,58,75)(H,59,72)(H,60,71)(H,61,76)(H,62,74)(H,63,69)/t32-,33-,34-,35+,36+,37+,38-,39-,42-,43+,44-/m1/s1. The van der Waals surface area contributed by atoms with E-state index in [-0.39, 0.29) is 43.4 Å². The minimum absolute atomic E-state index is 0.00534. The van der Waals surface area contributed by atoms with Crippen molar-refractivity contribution >= 4 is 65.0 Å². The van der Waals surface area contributed by atoms with Crippen LogP contribution >= 0.6 is 0 Å². The number of aliphatic hydroxyl groups is 3. The van der Waals surface area contributed by atoms with Crippen LogP contribution in [0.15, 0.2) is 0 Å². The smallest absolute Gasteiger partial charge is 0.329 e. The molecule has 1 heterocycles. The van der Waals surface area contributed by atoms with Crippen LogP contribution in [0.25, 0.3) is 0 Å². The van der Waals surface area contributed by atoms with E-state index in [0.717, 1.165) is 25.7 Å². The third kappa shape index (κ3) is 25.7. The summed E-state index contributed by atoms with van der Waals surface area (Å²) in [5.74, 6) is -12.7. The zero-order valence-electron chi connectivity index (χ0n) is 48.0. The van der Waals surface area contributed by atoms with Crippen molar-refractivity contribution in [1.82, 2.24) is 47.9 Å². The molecule has 1 aliphatic heterocycles. The van der Waals surface area contributed by atoms with Crippen LogP contribution in [0, 0.1) is 29.6 Å². The lowest BCUT2D eigenvalue weighted by molar-refractivity contribution is -0.157. The van der Waals surface area contributed by atoms with E-state index >= 15 is 0 Å². The van der Waals surface area contributed by atoms with Crippen LogP contribution in [-0.4, -0.2) is 160 Å². The molecule has 1 fully saturated rings. The normalized spacial score (nSPS) is 23.8. The zero-order chi connectivity index (χ0) is 59.6. The molecule has 0 bridgehead atoms. The van der Waals surface area contributed by atoms with Crippen LogP contribution < -0.4 is 53.6 Å². The highest BCUT2D eigenvalue weighted by Gasteiger charge is 2.40. The van der Waals surface area contributed by atoms with Gasteiger partial charge in [-0.25, -0.2) is 4.79 Å². The molecular weight excluding hydrogens is 1020 g/mol. The van der Waals surface area contributed by atoms with Gasteiger partial charge >= 0.3 is 5.97 Å². The second-order valence-electron chi connectivity index (χ2n) is 22.3. The van der Waals surface area contributed by atoms with Gasteiger partial charge in [0, 0.05) is 6.42 Å². The van der Waals surface area contributed by atoms with Gasteiger partial charge in [0.1, 0.15) is 60.5 Å². The molecule has 1 saturated heterocycles. The third-order valence-electron chi connectivity index (χ3n) is 12.9. The van der Waals surface area contributed by atoms with Crippen molar-refractivity contribution in [3.05, 3.63) is 0 Å². The van der Waals surface area contributed by atoms with E-state index < -0.39 is 170 Å². The highest BCUT2D eigenvalue weighted by Crippen LogP contribution is 2.16. The van der Waals surface area contributed by atoms with E-state index in [0.29, 0.717) is 12.8 Å². The Morgan fingerprint density at radius 3 is 1.53 bits per heavy atom. The number of unbranched alkanes of at least 4 members (excludes halogenated alkanes) is 4. The van der Waals surface area contributed by atoms with E-state index in [4.69, 9.17) is 10.5 Å². The average molecular weight is 1110 g/mol. The molecule has 0 spiro atoms. The van der Waals surface area contributed by atoms with E-state index in [1.807, 2.05) is 0 Å². The van der Waals surface area contributed by atoms with Crippen LogP contribution in [0.3, 0.4) is 0 Å². The van der Waals surface area contributed by atoms with E-state index in [9.17, 15) is 68.1 Å². The topological polar surface area (TPSA) is 392 Å². The van der Waals surface area contributed by atoms with Gasteiger partial charge in [0.05, 0.1) is 25.7 Å². The number of cyclic esters (lactones) is 1. The summed E-state index contributed by atoms with van der Waals surface area (Å²) >= 11 is 0. The first kappa shape index (κ1) is 70.1. The minimum atomic E-state index is -1.92. The second kappa shape index (κ2) is 35.5. The molecule has 0 unspecified atom stereocenters. The van der Waals surface area contributed by atoms with Gasteiger partial charge < -0.3 is 73.6 Å². The molecule has 25 heteroatoms. The van der Waals surface area contributed by atoms with E-state index in [2.05, 4.69) is 54.8 Å². The van der Waals surface area contributed by atoms with Gasteiger partial charge in [0.15, 0.2) is 0 Å². The maximum absolute atomic E-state index is 14.6. The van der Waals surface area contributed by atoms with Gasteiger partial charge in [-0.15, -0.1) is 0 Å². The number of amides is 10. The predicted octanol–water partition coefficient (Wildman–Crippen LogP) is -0.893. The summed E-state index contributed by atoms with van der Waals surface area (Å²) in [5.41, 5.74) is 5.48. The van der Waals surface area contributed by atoms with Crippen molar-refractivity contribution in [3.8, 4) is 0 Å². The SMILES string of the molecule is CCCCCCC[C@@H](O)CC(=O)N[C@@H](CC(C)C)C(=O)N[C@H](CCC(N)=O)C(=O)N[C@H]1C(=O)N[C@H](C(C)C)C(=O)N[C@@H](CC(C)C)C(=O)N[C@H](CO)C(=O)N[C@@H](CC(C)C)C(=O)N[C@H](CO)C(=O)N[C@@H](C(C)C)C(=O)O[C@@H]1C. The van der Waals surface area contributed by atoms with Crippen molar-refractivity contribution in [2.24, 2.45) is 35.3 Å². The van der Waals surface area contributed by atoms with Crippen molar-refractivity contribution in [3.63, 3.8) is 0 Å². The second-order valence-corrected chi connectivity index (χ2v) is 22.3. The van der Waals surface area contributed by atoms with Gasteiger partial charge in [-0.1, -0.05) is 108 Å². The van der Waals surface area contributed by atoms with Gasteiger partial charge in [-0.2, -0.15) is 0 Å². The quantitative estimate of drug-likeness (QED) is 0.0369. The zero-order valence-corrected chi connectivity index (χ0v) is 48.0. The molecular formula is C53H94N10O15. The van der Waals surface area contributed by atoms with Gasteiger partial charge in [0.2, 0.25) is 59.1 Å². The number of ether oxygens (including phenoxy) is 1. The highest BCUT2D eigenvalue weighted by molar-refractivity contribution is 5.99. The molecule has 446 valence electrons. The Kier molecular flexibility index (Phi) is 31.9. The number of carbonyl (C=O) groups excluding carboxylic acids is 11. The fraction of sp³-hybridized carbons (Fsp3) is 0.792. The fourth-order valence-electron chi connectivity index (χ4n) is 8.46. The number of hydrogen-bond donors (Lipinski definition) is 13. The summed E-state index contributed by atoms with van der Waals surface area (Å²) in [7, 11) is 0. The first-order valence-electron chi connectivity index (χ1n) is 27.6. The van der Waals surface area contributed by atoms with Crippen LogP contribution in [0.5, 0.6) is 0 Å². The van der Waals surface area contributed by atoms with Crippen LogP contribution in [0.1, 0.15) is 160 Å². The van der Waals surface area contributed by atoms with Crippen LogP contribution in [-0.2, 0) is 57.5 Å². The first-order valence-corrected chi connectivity index (χ1v) is 27.6. The number of primary amides is 1. The van der Waals surface area contributed by atoms with Gasteiger partial charge in [-0.3, -0.25) is 47.9 Å². The molecule has 11 atom stereocenters. The van der Waals surface area contributed by atoms with Crippen LogP contribution in [0.4, 0.5) is 0 Å². The molecule has 14 N–H and O–H groups in total. The number of nitrogens with two attached hydrogens (primary N) is 1. The maximum atomic E-state index is 14.6. The lowest BCUT2D eigenvalue weighted by Crippen LogP contribution is -2.63. The molecule has 78 heavy (non-hydrogen) atoms. The predicted molar refractivity (Wildman–Crippen MR) is 288 cm³/mol. The number of carbonyl (C=O) groups is 11. The Balaban J connectivity index is 3.95. The number of nitrogens with one attached hydrogen (secondary N) is 9. The van der Waals surface area contributed by atoms with Crippen molar-refractivity contribution < 1.29 is 72.8 Å². The summed E-state index contributed by atoms with van der Waals surface area (Å²) in [6.07, 6.45) is 1.30. The lowest BCUT2D eigenvalue weighted by atomic mass is 9.98. The summed E-state index contributed by atoms with van der Waals surface area (Å²) in [4.78, 5) is 152. The molecule has 1 rings (SSSR count). The maximum Gasteiger partial charge on any atom is 0.329 e. The molecule has 0 saturated carbocycles. The van der Waals surface area contributed by atoms with E-state index in [1.54, 1.807) is 55.4 Å². The summed E-state index contributed by atoms with van der Waals surface area (Å²) in [6.45, 7) is 18.1. The highest BCUT2D eigenvalue weighted by atomic mass is 16.5. The molecule has 25 nitrogen and oxygen atoms in total. The van der Waals surface area contributed by atoms with Crippen molar-refractivity contribution in [1.29, 1.82) is 0 Å². The molecule has 0 aromatic carbocycles. The summed E-state index contributed by atoms with van der Waals surface area (Å²) < 4.78 is 5.78. The first-order chi connectivity index (χ1) is 36.4. The Hall–Kier alpha value is -5.95. The molecule has 0 radical (unpaired) electrons. The number of aliphatic hydroxyl groups excluding tert-OH is 3. The Labute approximate surface area is 459 Å². The minimum Gasteiger partial charge on any atom is -0.458 e. The van der Waals surface area contributed by atoms with Crippen molar-refractivity contribution in [2.75, 3.05) is 13.2 Å². The molecule has 1 aliphatic rings. The van der Waals surface area contributed by atoms with E-state index in [1.165, 1.54) is 20.8 Å². The van der Waals surface area contributed by atoms with Gasteiger partial charge in [0.25, 0.3) is 0 Å². The monoisotopic (exact) mass is 1110 g/mol. The molecule has 10 amide bonds. The number of esters is 1. The van der Waals surface area contributed by atoms with Gasteiger partial charge in [-0.05, 0) is 68.6 Å². The third-order valence-corrected chi connectivity index (χ3v) is 12.9. The molecule has 0 aromatic heterocycles. The average Bonchev–Trinajstić information content (AvgIpc) is 3.33. The number of hydrogen-bond acceptors (Lipinski definition) is 15. The summed E-state index contributed by atoms with van der Waals surface area (Å²) in [5, 5.41) is 53.8. The molecule has 0 aromatic rings. The molecule has 0 aliphatic carbocycles. The summed E-state index contributed by atoms with van der Waals surface area (Å²) in [6, 6.07) is -13.9. The fourth-order valence-corrected chi connectivity index (χ4v) is 8.46. The van der Waals surface area contributed by atoms with Crippen LogP contribution in [0.2, 0.25) is 0 Å².